The van der Waals surface area contributed by atoms with Gasteiger partial charge in [-0.1, -0.05) is 0 Å². The SMILES string of the molecule is Cl.NCCNC(=O)CCNS(=O)(=O)c1ccc(F)cc1. The highest BCUT2D eigenvalue weighted by Crippen LogP contribution is 2.09. The van der Waals surface area contributed by atoms with Gasteiger partial charge in [0.1, 0.15) is 5.82 Å². The van der Waals surface area contributed by atoms with E-state index in [1.807, 2.05) is 0 Å². The Labute approximate surface area is 123 Å². The van der Waals surface area contributed by atoms with Crippen LogP contribution in [0.2, 0.25) is 0 Å². The second-order valence-corrected chi connectivity index (χ2v) is 5.51. The Morgan fingerprint density at radius 1 is 1.20 bits per heavy atom. The third kappa shape index (κ3) is 6.29. The van der Waals surface area contributed by atoms with Crippen molar-refractivity contribution in [2.45, 2.75) is 11.3 Å². The van der Waals surface area contributed by atoms with Crippen molar-refractivity contribution in [3.05, 3.63) is 30.1 Å². The average Bonchev–Trinajstić information content (AvgIpc) is 2.36. The molecule has 0 unspecified atom stereocenters. The Bertz CT molecular complexity index is 522. The van der Waals surface area contributed by atoms with E-state index in [2.05, 4.69) is 10.0 Å². The molecular weight excluding hydrogens is 309 g/mol. The summed E-state index contributed by atoms with van der Waals surface area (Å²) in [5, 5.41) is 2.52. The van der Waals surface area contributed by atoms with Gasteiger partial charge in [0.25, 0.3) is 0 Å². The fourth-order valence-electron chi connectivity index (χ4n) is 1.30. The first-order valence-electron chi connectivity index (χ1n) is 5.67. The third-order valence-corrected chi connectivity index (χ3v) is 3.71. The van der Waals surface area contributed by atoms with E-state index < -0.39 is 15.8 Å². The maximum Gasteiger partial charge on any atom is 0.240 e. The summed E-state index contributed by atoms with van der Waals surface area (Å²) in [6.45, 7) is 0.646. The van der Waals surface area contributed by atoms with Crippen molar-refractivity contribution in [1.82, 2.24) is 10.0 Å². The molecule has 0 aliphatic heterocycles. The van der Waals surface area contributed by atoms with Crippen LogP contribution >= 0.6 is 12.4 Å². The summed E-state index contributed by atoms with van der Waals surface area (Å²) >= 11 is 0. The van der Waals surface area contributed by atoms with E-state index >= 15 is 0 Å². The number of rotatable bonds is 7. The van der Waals surface area contributed by atoms with Gasteiger partial charge >= 0.3 is 0 Å². The van der Waals surface area contributed by atoms with Gasteiger partial charge in [0, 0.05) is 26.1 Å². The first-order valence-corrected chi connectivity index (χ1v) is 7.16. The van der Waals surface area contributed by atoms with Gasteiger partial charge in [0.2, 0.25) is 15.9 Å². The lowest BCUT2D eigenvalue weighted by Gasteiger charge is -2.07. The van der Waals surface area contributed by atoms with Crippen LogP contribution in [0.4, 0.5) is 4.39 Å². The Morgan fingerprint density at radius 2 is 1.80 bits per heavy atom. The molecule has 0 aliphatic carbocycles. The molecule has 0 bridgehead atoms. The number of nitrogens with two attached hydrogens (primary N) is 1. The molecule has 0 spiro atoms. The zero-order chi connectivity index (χ0) is 14.3. The maximum atomic E-state index is 12.7. The summed E-state index contributed by atoms with van der Waals surface area (Å²) < 4.78 is 38.4. The lowest BCUT2D eigenvalue weighted by Crippen LogP contribution is -2.33. The molecule has 0 saturated heterocycles. The minimum Gasteiger partial charge on any atom is -0.355 e. The van der Waals surface area contributed by atoms with E-state index in [9.17, 15) is 17.6 Å². The Hall–Kier alpha value is -1.22. The summed E-state index contributed by atoms with van der Waals surface area (Å²) in [6.07, 6.45) is 0.0143. The summed E-state index contributed by atoms with van der Waals surface area (Å²) in [5.41, 5.74) is 5.21. The molecule has 0 radical (unpaired) electrons. The molecule has 1 aromatic rings. The van der Waals surface area contributed by atoms with E-state index in [4.69, 9.17) is 5.73 Å². The first-order chi connectivity index (χ1) is 8.95. The van der Waals surface area contributed by atoms with Gasteiger partial charge in [-0.2, -0.15) is 0 Å². The van der Waals surface area contributed by atoms with E-state index in [1.165, 1.54) is 0 Å². The fraction of sp³-hybridized carbons (Fsp3) is 0.364. The number of halogens is 2. The van der Waals surface area contributed by atoms with Gasteiger partial charge < -0.3 is 11.1 Å². The zero-order valence-electron chi connectivity index (χ0n) is 10.6. The molecule has 114 valence electrons. The lowest BCUT2D eigenvalue weighted by molar-refractivity contribution is -0.120. The van der Waals surface area contributed by atoms with Crippen LogP contribution in [0, 0.1) is 5.82 Å². The van der Waals surface area contributed by atoms with E-state index in [0.717, 1.165) is 24.3 Å². The van der Waals surface area contributed by atoms with Crippen molar-refractivity contribution < 1.29 is 17.6 Å². The first kappa shape index (κ1) is 18.8. The van der Waals surface area contributed by atoms with E-state index in [1.54, 1.807) is 0 Å². The number of sulfonamides is 1. The van der Waals surface area contributed by atoms with Gasteiger partial charge in [-0.05, 0) is 24.3 Å². The average molecular weight is 326 g/mol. The predicted octanol–water partition coefficient (Wildman–Crippen LogP) is -0.00920. The second kappa shape index (κ2) is 8.85. The Kier molecular flexibility index (Phi) is 8.31. The minimum atomic E-state index is -3.71. The molecule has 1 amide bonds. The van der Waals surface area contributed by atoms with Crippen LogP contribution in [-0.4, -0.2) is 34.0 Å². The van der Waals surface area contributed by atoms with Crippen LogP contribution in [0.5, 0.6) is 0 Å². The second-order valence-electron chi connectivity index (χ2n) is 3.74. The van der Waals surface area contributed by atoms with Crippen LogP contribution in [0.1, 0.15) is 6.42 Å². The number of carbonyl (C=O) groups is 1. The summed E-state index contributed by atoms with van der Waals surface area (Å²) in [4.78, 5) is 11.2. The van der Waals surface area contributed by atoms with Crippen molar-refractivity contribution in [2.24, 2.45) is 5.73 Å². The molecular formula is C11H17ClFN3O3S. The van der Waals surface area contributed by atoms with Gasteiger partial charge in [0.15, 0.2) is 0 Å². The molecule has 0 saturated carbocycles. The van der Waals surface area contributed by atoms with Crippen molar-refractivity contribution in [1.29, 1.82) is 0 Å². The molecule has 0 fully saturated rings. The van der Waals surface area contributed by atoms with Crippen LogP contribution in [0.15, 0.2) is 29.2 Å². The summed E-state index contributed by atoms with van der Waals surface area (Å²) in [6, 6.07) is 4.43. The van der Waals surface area contributed by atoms with Crippen molar-refractivity contribution in [3.63, 3.8) is 0 Å². The molecule has 0 heterocycles. The molecule has 1 rings (SSSR count). The molecule has 4 N–H and O–H groups in total. The van der Waals surface area contributed by atoms with E-state index in [0.29, 0.717) is 13.1 Å². The van der Waals surface area contributed by atoms with Crippen LogP contribution < -0.4 is 15.8 Å². The molecule has 0 atom stereocenters. The lowest BCUT2D eigenvalue weighted by atomic mass is 10.4. The molecule has 20 heavy (non-hydrogen) atoms. The minimum absolute atomic E-state index is 0. The smallest absolute Gasteiger partial charge is 0.240 e. The molecule has 6 nitrogen and oxygen atoms in total. The van der Waals surface area contributed by atoms with Crippen molar-refractivity contribution in [2.75, 3.05) is 19.6 Å². The largest absolute Gasteiger partial charge is 0.355 e. The molecule has 1 aromatic carbocycles. The highest BCUT2D eigenvalue weighted by Gasteiger charge is 2.13. The Morgan fingerprint density at radius 3 is 2.35 bits per heavy atom. The fourth-order valence-corrected chi connectivity index (χ4v) is 2.33. The highest BCUT2D eigenvalue weighted by molar-refractivity contribution is 7.89. The quantitative estimate of drug-likeness (QED) is 0.656. The predicted molar refractivity (Wildman–Crippen MR) is 75.5 cm³/mol. The van der Waals surface area contributed by atoms with Crippen LogP contribution in [-0.2, 0) is 14.8 Å². The standard InChI is InChI=1S/C11H16FN3O3S.ClH/c12-9-1-3-10(4-2-9)19(17,18)15-7-5-11(16)14-8-6-13;/h1-4,15H,5-8,13H2,(H,14,16);1H. The Balaban J connectivity index is 0.00000361. The monoisotopic (exact) mass is 325 g/mol. The topological polar surface area (TPSA) is 101 Å². The van der Waals surface area contributed by atoms with Gasteiger partial charge in [-0.3, -0.25) is 4.79 Å². The maximum absolute atomic E-state index is 12.7. The summed E-state index contributed by atoms with van der Waals surface area (Å²) in [7, 11) is -3.71. The van der Waals surface area contributed by atoms with Gasteiger partial charge in [0.05, 0.1) is 4.90 Å². The zero-order valence-corrected chi connectivity index (χ0v) is 12.3. The normalized spacial score (nSPS) is 10.7. The van der Waals surface area contributed by atoms with Gasteiger partial charge in [-0.15, -0.1) is 12.4 Å². The summed E-state index contributed by atoms with van der Waals surface area (Å²) in [5.74, 6) is -0.799. The van der Waals surface area contributed by atoms with Crippen LogP contribution in [0.25, 0.3) is 0 Å². The number of amides is 1. The third-order valence-electron chi connectivity index (χ3n) is 2.23. The highest BCUT2D eigenvalue weighted by atomic mass is 35.5. The number of carbonyl (C=O) groups excluding carboxylic acids is 1. The number of benzene rings is 1. The van der Waals surface area contributed by atoms with Gasteiger partial charge in [-0.25, -0.2) is 17.5 Å². The molecule has 9 heteroatoms. The molecule has 0 aliphatic rings. The molecule has 0 aromatic heterocycles. The number of hydrogen-bond acceptors (Lipinski definition) is 4. The van der Waals surface area contributed by atoms with Crippen molar-refractivity contribution in [3.8, 4) is 0 Å². The van der Waals surface area contributed by atoms with E-state index in [-0.39, 0.29) is 36.2 Å². The number of nitrogens with one attached hydrogen (secondary N) is 2. The van der Waals surface area contributed by atoms with Crippen molar-refractivity contribution >= 4 is 28.3 Å². The van der Waals surface area contributed by atoms with Crippen LogP contribution in [0.3, 0.4) is 0 Å². The number of hydrogen-bond donors (Lipinski definition) is 3.